The lowest BCUT2D eigenvalue weighted by Crippen LogP contribution is -2.25. The van der Waals surface area contributed by atoms with E-state index in [0.29, 0.717) is 0 Å². The first-order valence-electron chi connectivity index (χ1n) is 9.08. The summed E-state index contributed by atoms with van der Waals surface area (Å²) in [5.41, 5.74) is 0. The van der Waals surface area contributed by atoms with Crippen LogP contribution in [0.1, 0.15) is 99.3 Å². The van der Waals surface area contributed by atoms with Crippen LogP contribution in [-0.2, 0) is 0 Å². The average molecular weight is 269 g/mol. The fourth-order valence-corrected chi connectivity index (χ4v) is 3.41. The second kappa shape index (κ2) is 11.8. The first kappa shape index (κ1) is 19.0. The molecule has 0 aromatic rings. The first-order valence-corrected chi connectivity index (χ1v) is 9.08. The fraction of sp³-hybridized carbons (Fsp3) is 1.00. The molecule has 4 unspecified atom stereocenters. The van der Waals surface area contributed by atoms with Gasteiger partial charge in [0.1, 0.15) is 0 Å². The molecule has 19 heavy (non-hydrogen) atoms. The van der Waals surface area contributed by atoms with Gasteiger partial charge in [-0.05, 0) is 30.1 Å². The molecule has 0 heterocycles. The average Bonchev–Trinajstić information content (AvgIpc) is 2.43. The number of rotatable bonds is 12. The van der Waals surface area contributed by atoms with E-state index >= 15 is 0 Å². The summed E-state index contributed by atoms with van der Waals surface area (Å²) < 4.78 is 0. The van der Waals surface area contributed by atoms with Crippen molar-refractivity contribution in [3.05, 3.63) is 0 Å². The lowest BCUT2D eigenvalue weighted by atomic mass is 9.72. The standard InChI is InChI=1S/C19H40/c1-7-10-12-13-15-19(17(5)14-11-8-2)18(6)16(4)9-3/h16-19H,7-15H2,1-6H3. The van der Waals surface area contributed by atoms with Crippen molar-refractivity contribution in [1.82, 2.24) is 0 Å². The van der Waals surface area contributed by atoms with Crippen LogP contribution in [0.2, 0.25) is 0 Å². The summed E-state index contributed by atoms with van der Waals surface area (Å²) in [6.45, 7) is 14.5. The Bertz CT molecular complexity index is 184. The zero-order chi connectivity index (χ0) is 14.7. The van der Waals surface area contributed by atoms with Crippen LogP contribution in [0.5, 0.6) is 0 Å². The highest BCUT2D eigenvalue weighted by Crippen LogP contribution is 2.35. The summed E-state index contributed by atoms with van der Waals surface area (Å²) in [5, 5.41) is 0. The van der Waals surface area contributed by atoms with Crippen LogP contribution in [0.4, 0.5) is 0 Å². The zero-order valence-electron chi connectivity index (χ0n) is 14.7. The maximum absolute atomic E-state index is 2.51. The highest BCUT2D eigenvalue weighted by Gasteiger charge is 2.25. The first-order chi connectivity index (χ1) is 9.08. The predicted octanol–water partition coefficient (Wildman–Crippen LogP) is 7.08. The molecule has 0 heteroatoms. The fourth-order valence-electron chi connectivity index (χ4n) is 3.41. The normalized spacial score (nSPS) is 18.0. The van der Waals surface area contributed by atoms with Crippen LogP contribution in [-0.4, -0.2) is 0 Å². The molecule has 0 amide bonds. The van der Waals surface area contributed by atoms with E-state index in [1.807, 2.05) is 0 Å². The number of hydrogen-bond donors (Lipinski definition) is 0. The van der Waals surface area contributed by atoms with Gasteiger partial charge in [0, 0.05) is 0 Å². The molecule has 0 radical (unpaired) electrons. The predicted molar refractivity (Wildman–Crippen MR) is 89.6 cm³/mol. The van der Waals surface area contributed by atoms with E-state index in [4.69, 9.17) is 0 Å². The molecule has 0 N–H and O–H groups in total. The van der Waals surface area contributed by atoms with Crippen LogP contribution in [0.3, 0.4) is 0 Å². The minimum atomic E-state index is 0.889. The molecule has 0 aliphatic carbocycles. The largest absolute Gasteiger partial charge is 0.0654 e. The van der Waals surface area contributed by atoms with Gasteiger partial charge < -0.3 is 0 Å². The molecule has 0 bridgehead atoms. The summed E-state index contributed by atoms with van der Waals surface area (Å²) in [7, 11) is 0. The molecule has 0 aliphatic rings. The molecule has 0 saturated carbocycles. The van der Waals surface area contributed by atoms with Crippen LogP contribution in [0, 0.1) is 23.7 Å². The Morgan fingerprint density at radius 3 is 1.79 bits per heavy atom. The summed E-state index contributed by atoms with van der Waals surface area (Å²) in [6.07, 6.45) is 12.7. The van der Waals surface area contributed by atoms with E-state index in [1.165, 1.54) is 57.8 Å². The highest BCUT2D eigenvalue weighted by atomic mass is 14.3. The molecule has 0 nitrogen and oxygen atoms in total. The SMILES string of the molecule is CCCCCCC(C(C)CCCC)C(C)C(C)CC. The van der Waals surface area contributed by atoms with Gasteiger partial charge in [0.05, 0.1) is 0 Å². The molecular formula is C19H40. The van der Waals surface area contributed by atoms with Crippen molar-refractivity contribution in [1.29, 1.82) is 0 Å². The molecule has 0 rings (SSSR count). The molecule has 0 fully saturated rings. The van der Waals surface area contributed by atoms with Gasteiger partial charge in [-0.15, -0.1) is 0 Å². The van der Waals surface area contributed by atoms with E-state index in [-0.39, 0.29) is 0 Å². The van der Waals surface area contributed by atoms with Gasteiger partial charge in [-0.3, -0.25) is 0 Å². The lowest BCUT2D eigenvalue weighted by molar-refractivity contribution is 0.166. The second-order valence-corrected chi connectivity index (χ2v) is 6.88. The number of unbranched alkanes of at least 4 members (excludes halogenated alkanes) is 4. The van der Waals surface area contributed by atoms with E-state index in [2.05, 4.69) is 41.5 Å². The third-order valence-corrected chi connectivity index (χ3v) is 5.35. The zero-order valence-corrected chi connectivity index (χ0v) is 14.7. The van der Waals surface area contributed by atoms with Crippen molar-refractivity contribution in [2.45, 2.75) is 99.3 Å². The molecule has 0 spiro atoms. The van der Waals surface area contributed by atoms with E-state index in [1.54, 1.807) is 0 Å². The second-order valence-electron chi connectivity index (χ2n) is 6.88. The van der Waals surface area contributed by atoms with Crippen LogP contribution >= 0.6 is 0 Å². The van der Waals surface area contributed by atoms with Gasteiger partial charge in [0.15, 0.2) is 0 Å². The topological polar surface area (TPSA) is 0 Å². The van der Waals surface area contributed by atoms with Gasteiger partial charge in [0.2, 0.25) is 0 Å². The maximum atomic E-state index is 2.51. The Hall–Kier alpha value is 0. The molecule has 0 aliphatic heterocycles. The van der Waals surface area contributed by atoms with Gasteiger partial charge in [-0.1, -0.05) is 92.9 Å². The minimum Gasteiger partial charge on any atom is -0.0654 e. The Kier molecular flexibility index (Phi) is 11.8. The van der Waals surface area contributed by atoms with Crippen molar-refractivity contribution in [2.24, 2.45) is 23.7 Å². The van der Waals surface area contributed by atoms with Crippen molar-refractivity contribution in [2.75, 3.05) is 0 Å². The van der Waals surface area contributed by atoms with Gasteiger partial charge >= 0.3 is 0 Å². The Morgan fingerprint density at radius 1 is 0.632 bits per heavy atom. The van der Waals surface area contributed by atoms with Crippen molar-refractivity contribution in [3.63, 3.8) is 0 Å². The molecular weight excluding hydrogens is 228 g/mol. The summed E-state index contributed by atoms with van der Waals surface area (Å²) in [4.78, 5) is 0. The maximum Gasteiger partial charge on any atom is -0.0360 e. The number of hydrogen-bond acceptors (Lipinski definition) is 0. The molecule has 0 aromatic heterocycles. The monoisotopic (exact) mass is 268 g/mol. The smallest absolute Gasteiger partial charge is 0.0360 e. The summed E-state index contributed by atoms with van der Waals surface area (Å²) >= 11 is 0. The third-order valence-electron chi connectivity index (χ3n) is 5.35. The molecule has 116 valence electrons. The Morgan fingerprint density at radius 2 is 1.26 bits per heavy atom. The summed E-state index contributed by atoms with van der Waals surface area (Å²) in [6, 6.07) is 0. The van der Waals surface area contributed by atoms with Gasteiger partial charge in [-0.2, -0.15) is 0 Å². The van der Waals surface area contributed by atoms with Crippen LogP contribution < -0.4 is 0 Å². The Balaban J connectivity index is 4.35. The molecule has 4 atom stereocenters. The van der Waals surface area contributed by atoms with Crippen molar-refractivity contribution >= 4 is 0 Å². The van der Waals surface area contributed by atoms with E-state index in [0.717, 1.165) is 23.7 Å². The highest BCUT2D eigenvalue weighted by molar-refractivity contribution is 4.76. The summed E-state index contributed by atoms with van der Waals surface area (Å²) in [5.74, 6) is 3.67. The Labute approximate surface area is 123 Å². The van der Waals surface area contributed by atoms with Crippen molar-refractivity contribution < 1.29 is 0 Å². The van der Waals surface area contributed by atoms with Crippen LogP contribution in [0.25, 0.3) is 0 Å². The van der Waals surface area contributed by atoms with Crippen LogP contribution in [0.15, 0.2) is 0 Å². The molecule has 0 aromatic carbocycles. The van der Waals surface area contributed by atoms with E-state index < -0.39 is 0 Å². The third kappa shape index (κ3) is 8.00. The quantitative estimate of drug-likeness (QED) is 0.332. The van der Waals surface area contributed by atoms with Crippen molar-refractivity contribution in [3.8, 4) is 0 Å². The van der Waals surface area contributed by atoms with Gasteiger partial charge in [-0.25, -0.2) is 0 Å². The van der Waals surface area contributed by atoms with E-state index in [9.17, 15) is 0 Å². The molecule has 0 saturated heterocycles. The van der Waals surface area contributed by atoms with Gasteiger partial charge in [0.25, 0.3) is 0 Å². The minimum absolute atomic E-state index is 0.889. The lowest BCUT2D eigenvalue weighted by Gasteiger charge is -2.33.